The molecule has 120 valence electrons. The topological polar surface area (TPSA) is 91.5 Å². The van der Waals surface area contributed by atoms with Crippen LogP contribution in [0.25, 0.3) is 0 Å². The van der Waals surface area contributed by atoms with Crippen molar-refractivity contribution in [1.29, 1.82) is 0 Å². The number of anilines is 3. The maximum atomic E-state index is 12.0. The van der Waals surface area contributed by atoms with E-state index in [9.17, 15) is 9.59 Å². The molecule has 0 atom stereocenters. The predicted molar refractivity (Wildman–Crippen MR) is 98.3 cm³/mol. The van der Waals surface area contributed by atoms with Gasteiger partial charge < -0.3 is 15.4 Å². The smallest absolute Gasteiger partial charge is 0.323 e. The largest absolute Gasteiger partial charge is 0.495 e. The van der Waals surface area contributed by atoms with Crippen LogP contribution in [0.5, 0.6) is 5.75 Å². The quantitative estimate of drug-likeness (QED) is 0.253. The molecule has 0 unspecified atom stereocenters. The molecule has 0 saturated heterocycles. The molecule has 0 heterocycles. The van der Waals surface area contributed by atoms with Gasteiger partial charge in [0.25, 0.3) is 3.91 Å². The first-order chi connectivity index (χ1) is 11.1. The molecule has 23 heavy (non-hydrogen) atoms. The van der Waals surface area contributed by atoms with Crippen LogP contribution >= 0.6 is 22.6 Å². The van der Waals surface area contributed by atoms with Crippen LogP contribution in [-0.4, -0.2) is 17.1 Å². The Balaban J connectivity index is 1.93. The van der Waals surface area contributed by atoms with E-state index in [1.807, 2.05) is 6.07 Å². The molecule has 0 aliphatic heterocycles. The molecular weight excluding hydrogens is 411 g/mol. The average molecular weight is 426 g/mol. The minimum Gasteiger partial charge on any atom is -0.495 e. The number of carbonyl (C=O) groups excluding carboxylic acids is 2. The highest BCUT2D eigenvalue weighted by molar-refractivity contribution is 14.1. The Morgan fingerprint density at radius 3 is 2.26 bits per heavy atom. The van der Waals surface area contributed by atoms with Crippen molar-refractivity contribution in [3.8, 4) is 5.75 Å². The van der Waals surface area contributed by atoms with E-state index in [0.717, 1.165) is 0 Å². The number of halogens is 1. The van der Waals surface area contributed by atoms with Gasteiger partial charge in [-0.3, -0.25) is 15.6 Å². The van der Waals surface area contributed by atoms with Gasteiger partial charge in [0.05, 0.1) is 18.5 Å². The highest BCUT2D eigenvalue weighted by Crippen LogP contribution is 2.23. The second-order valence-corrected chi connectivity index (χ2v) is 5.36. The van der Waals surface area contributed by atoms with E-state index in [-0.39, 0.29) is 9.95 Å². The molecule has 0 aromatic heterocycles. The third-order valence-electron chi connectivity index (χ3n) is 2.80. The number of hydrogen-bond acceptors (Lipinski definition) is 4. The highest BCUT2D eigenvalue weighted by Gasteiger charge is 2.06. The monoisotopic (exact) mass is 426 g/mol. The maximum Gasteiger partial charge on any atom is 0.323 e. The fraction of sp³-hybridized carbons (Fsp3) is 0.0667. The lowest BCUT2D eigenvalue weighted by molar-refractivity contribution is 0.262. The minimum absolute atomic E-state index is 0.221. The zero-order valence-electron chi connectivity index (χ0n) is 12.2. The van der Waals surface area contributed by atoms with Crippen molar-refractivity contribution in [3.63, 3.8) is 0 Å². The SMILES string of the molecule is COc1ccccc1NC(=O)Nc1ccc(NNC(=O)I)cc1. The molecule has 2 aromatic rings. The summed E-state index contributed by atoms with van der Waals surface area (Å²) in [6.07, 6.45) is 0. The predicted octanol–water partition coefficient (Wildman–Crippen LogP) is 3.81. The molecule has 2 rings (SSSR count). The Hall–Kier alpha value is -2.49. The van der Waals surface area contributed by atoms with Crippen molar-refractivity contribution in [3.05, 3.63) is 48.5 Å². The fourth-order valence-electron chi connectivity index (χ4n) is 1.79. The third kappa shape index (κ3) is 5.33. The summed E-state index contributed by atoms with van der Waals surface area (Å²) in [5, 5.41) is 5.43. The zero-order valence-corrected chi connectivity index (χ0v) is 14.4. The molecule has 0 aliphatic carbocycles. The average Bonchev–Trinajstić information content (AvgIpc) is 2.54. The molecule has 0 fully saturated rings. The maximum absolute atomic E-state index is 12.0. The van der Waals surface area contributed by atoms with Crippen molar-refractivity contribution in [2.75, 3.05) is 23.2 Å². The number of nitrogens with one attached hydrogen (secondary N) is 4. The van der Waals surface area contributed by atoms with Crippen molar-refractivity contribution in [2.24, 2.45) is 0 Å². The summed E-state index contributed by atoms with van der Waals surface area (Å²) < 4.78 is 4.95. The van der Waals surface area contributed by atoms with E-state index in [1.165, 1.54) is 0 Å². The second-order valence-electron chi connectivity index (χ2n) is 4.38. The first-order valence-corrected chi connectivity index (χ1v) is 7.69. The highest BCUT2D eigenvalue weighted by atomic mass is 127. The number of hydrazine groups is 1. The minimum atomic E-state index is -0.379. The molecule has 0 bridgehead atoms. The summed E-state index contributed by atoms with van der Waals surface area (Å²) in [6.45, 7) is 0. The lowest BCUT2D eigenvalue weighted by atomic mass is 10.3. The van der Waals surface area contributed by atoms with Crippen LogP contribution in [0.2, 0.25) is 0 Å². The number of urea groups is 1. The summed E-state index contributed by atoms with van der Waals surface area (Å²) in [5.41, 5.74) is 7.07. The molecular formula is C15H15IN4O3. The molecule has 0 radical (unpaired) electrons. The lowest BCUT2D eigenvalue weighted by Gasteiger charge is -2.11. The first-order valence-electron chi connectivity index (χ1n) is 6.61. The normalized spacial score (nSPS) is 9.65. The van der Waals surface area contributed by atoms with E-state index in [2.05, 4.69) is 21.5 Å². The summed E-state index contributed by atoms with van der Waals surface area (Å²) in [7, 11) is 1.54. The zero-order chi connectivity index (χ0) is 16.7. The van der Waals surface area contributed by atoms with Gasteiger partial charge in [-0.15, -0.1) is 0 Å². The van der Waals surface area contributed by atoms with Crippen molar-refractivity contribution in [1.82, 2.24) is 5.43 Å². The van der Waals surface area contributed by atoms with Gasteiger partial charge in [-0.1, -0.05) is 12.1 Å². The number of ether oxygens (including phenoxy) is 1. The van der Waals surface area contributed by atoms with Gasteiger partial charge in [-0.05, 0) is 36.4 Å². The van der Waals surface area contributed by atoms with Gasteiger partial charge in [0, 0.05) is 28.3 Å². The summed E-state index contributed by atoms with van der Waals surface area (Å²) in [4.78, 5) is 22.8. The Bertz CT molecular complexity index is 691. The number of amides is 3. The van der Waals surface area contributed by atoms with E-state index in [0.29, 0.717) is 22.8 Å². The van der Waals surface area contributed by atoms with Crippen molar-refractivity contribution >= 4 is 49.6 Å². The number of methoxy groups -OCH3 is 1. The van der Waals surface area contributed by atoms with E-state index < -0.39 is 0 Å². The molecule has 8 heteroatoms. The molecule has 0 aliphatic rings. The number of benzene rings is 2. The third-order valence-corrected chi connectivity index (χ3v) is 3.07. The van der Waals surface area contributed by atoms with E-state index in [4.69, 9.17) is 4.74 Å². The second kappa shape index (κ2) is 8.22. The summed E-state index contributed by atoms with van der Waals surface area (Å²) >= 11 is 1.62. The molecule has 2 aromatic carbocycles. The fourth-order valence-corrected chi connectivity index (χ4v) is 1.93. The van der Waals surface area contributed by atoms with Crippen LogP contribution in [0.4, 0.5) is 26.7 Å². The van der Waals surface area contributed by atoms with Crippen LogP contribution < -0.4 is 26.2 Å². The van der Waals surface area contributed by atoms with Gasteiger partial charge >= 0.3 is 6.03 Å². The Morgan fingerprint density at radius 1 is 0.957 bits per heavy atom. The molecule has 0 saturated carbocycles. The summed E-state index contributed by atoms with van der Waals surface area (Å²) in [6, 6.07) is 13.6. The molecule has 3 amide bonds. The van der Waals surface area contributed by atoms with Crippen LogP contribution in [0.15, 0.2) is 48.5 Å². The number of hydrogen-bond donors (Lipinski definition) is 4. The first kappa shape index (κ1) is 16.9. The van der Waals surface area contributed by atoms with E-state index >= 15 is 0 Å². The van der Waals surface area contributed by atoms with Crippen molar-refractivity contribution in [2.45, 2.75) is 0 Å². The van der Waals surface area contributed by atoms with Gasteiger partial charge in [0.1, 0.15) is 5.75 Å². The van der Waals surface area contributed by atoms with Crippen LogP contribution in [-0.2, 0) is 0 Å². The number of rotatable bonds is 5. The number of carbonyl (C=O) groups is 2. The van der Waals surface area contributed by atoms with Crippen LogP contribution in [0.3, 0.4) is 0 Å². The molecule has 7 nitrogen and oxygen atoms in total. The van der Waals surface area contributed by atoms with Gasteiger partial charge in [-0.25, -0.2) is 4.79 Å². The van der Waals surface area contributed by atoms with Crippen molar-refractivity contribution < 1.29 is 14.3 Å². The molecule has 0 spiro atoms. The Labute approximate surface area is 146 Å². The van der Waals surface area contributed by atoms with Gasteiger partial charge in [-0.2, -0.15) is 0 Å². The van der Waals surface area contributed by atoms with E-state index in [1.54, 1.807) is 72.2 Å². The lowest BCUT2D eigenvalue weighted by Crippen LogP contribution is -2.23. The Kier molecular flexibility index (Phi) is 6.03. The van der Waals surface area contributed by atoms with Gasteiger partial charge in [0.2, 0.25) is 0 Å². The Morgan fingerprint density at radius 2 is 1.61 bits per heavy atom. The molecule has 4 N–H and O–H groups in total. The van der Waals surface area contributed by atoms with Crippen LogP contribution in [0, 0.1) is 0 Å². The van der Waals surface area contributed by atoms with Gasteiger partial charge in [0.15, 0.2) is 0 Å². The number of para-hydroxylation sites is 2. The summed E-state index contributed by atoms with van der Waals surface area (Å²) in [5.74, 6) is 0.580. The van der Waals surface area contributed by atoms with Crippen LogP contribution in [0.1, 0.15) is 0 Å². The standard InChI is InChI=1S/C15H15IN4O3/c1-23-13-5-3-2-4-12(13)18-15(22)17-10-6-8-11(9-7-10)19-20-14(16)21/h2-9,19H,1H3,(H,20,21)(H2,17,18,22).